The molecule has 0 saturated carbocycles. The van der Waals surface area contributed by atoms with Crippen LogP contribution >= 0.6 is 0 Å². The summed E-state index contributed by atoms with van der Waals surface area (Å²) in [7, 11) is 0. The highest BCUT2D eigenvalue weighted by molar-refractivity contribution is 5.13. The van der Waals surface area contributed by atoms with Gasteiger partial charge in [0.05, 0.1) is 19.4 Å². The van der Waals surface area contributed by atoms with Crippen LogP contribution in [0.2, 0.25) is 0 Å². The maximum Gasteiger partial charge on any atom is 0.120 e. The van der Waals surface area contributed by atoms with Crippen molar-refractivity contribution in [1.82, 2.24) is 15.1 Å². The van der Waals surface area contributed by atoms with Crippen LogP contribution in [-0.2, 0) is 13.1 Å². The molecule has 0 spiro atoms. The Hall–Kier alpha value is -1.55. The van der Waals surface area contributed by atoms with Crippen LogP contribution in [0.5, 0.6) is 0 Å². The summed E-state index contributed by atoms with van der Waals surface area (Å²) in [6, 6.07) is 3.90. The van der Waals surface area contributed by atoms with Crippen molar-refractivity contribution in [2.75, 3.05) is 6.54 Å². The molecule has 2 aromatic heterocycles. The van der Waals surface area contributed by atoms with Crippen molar-refractivity contribution in [3.05, 3.63) is 42.1 Å². The van der Waals surface area contributed by atoms with Crippen molar-refractivity contribution in [1.29, 1.82) is 0 Å². The SMILES string of the molecule is Cc1ccoc1CNCCn1cccn1. The highest BCUT2D eigenvalue weighted by Gasteiger charge is 2.00. The molecule has 0 aliphatic carbocycles. The summed E-state index contributed by atoms with van der Waals surface area (Å²) in [5.74, 6) is 1.01. The van der Waals surface area contributed by atoms with E-state index in [1.807, 2.05) is 29.9 Å². The summed E-state index contributed by atoms with van der Waals surface area (Å²) >= 11 is 0. The molecule has 0 atom stereocenters. The fourth-order valence-corrected chi connectivity index (χ4v) is 1.41. The van der Waals surface area contributed by atoms with Gasteiger partial charge in [0, 0.05) is 18.9 Å². The Bertz CT molecular complexity index is 392. The molecule has 0 saturated heterocycles. The zero-order valence-electron chi connectivity index (χ0n) is 8.81. The van der Waals surface area contributed by atoms with E-state index in [9.17, 15) is 0 Å². The van der Waals surface area contributed by atoms with E-state index in [4.69, 9.17) is 4.42 Å². The third-order valence-electron chi connectivity index (χ3n) is 2.33. The summed E-state index contributed by atoms with van der Waals surface area (Å²) in [5, 5.41) is 7.43. The first-order valence-electron chi connectivity index (χ1n) is 5.07. The Morgan fingerprint density at radius 2 is 2.47 bits per heavy atom. The number of hydrogen-bond acceptors (Lipinski definition) is 3. The monoisotopic (exact) mass is 205 g/mol. The lowest BCUT2D eigenvalue weighted by molar-refractivity contribution is 0.467. The van der Waals surface area contributed by atoms with Gasteiger partial charge in [0.2, 0.25) is 0 Å². The number of aryl methyl sites for hydroxylation is 1. The van der Waals surface area contributed by atoms with Gasteiger partial charge in [-0.15, -0.1) is 0 Å². The Morgan fingerprint density at radius 1 is 1.53 bits per heavy atom. The van der Waals surface area contributed by atoms with Gasteiger partial charge in [-0.1, -0.05) is 0 Å². The Kier molecular flexibility index (Phi) is 3.19. The maximum absolute atomic E-state index is 5.32. The molecule has 80 valence electrons. The van der Waals surface area contributed by atoms with Crippen LogP contribution in [0.3, 0.4) is 0 Å². The molecule has 0 amide bonds. The minimum Gasteiger partial charge on any atom is -0.468 e. The van der Waals surface area contributed by atoms with E-state index < -0.39 is 0 Å². The lowest BCUT2D eigenvalue weighted by Gasteiger charge is -2.03. The normalized spacial score (nSPS) is 10.7. The van der Waals surface area contributed by atoms with Gasteiger partial charge in [-0.05, 0) is 24.6 Å². The van der Waals surface area contributed by atoms with Crippen LogP contribution in [-0.4, -0.2) is 16.3 Å². The maximum atomic E-state index is 5.32. The fraction of sp³-hybridized carbons (Fsp3) is 0.364. The second-order valence-electron chi connectivity index (χ2n) is 3.47. The Morgan fingerprint density at radius 3 is 3.13 bits per heavy atom. The van der Waals surface area contributed by atoms with Gasteiger partial charge < -0.3 is 9.73 Å². The summed E-state index contributed by atoms with van der Waals surface area (Å²) in [6.45, 7) is 4.60. The highest BCUT2D eigenvalue weighted by atomic mass is 16.3. The molecule has 2 heterocycles. The smallest absolute Gasteiger partial charge is 0.120 e. The minimum absolute atomic E-state index is 0.778. The molecule has 4 nitrogen and oxygen atoms in total. The van der Waals surface area contributed by atoms with Gasteiger partial charge in [0.25, 0.3) is 0 Å². The van der Waals surface area contributed by atoms with E-state index in [-0.39, 0.29) is 0 Å². The van der Waals surface area contributed by atoms with Gasteiger partial charge >= 0.3 is 0 Å². The molecule has 0 bridgehead atoms. The molecule has 0 radical (unpaired) electrons. The summed E-state index contributed by atoms with van der Waals surface area (Å²) in [5.41, 5.74) is 1.20. The summed E-state index contributed by atoms with van der Waals surface area (Å²) in [6.07, 6.45) is 5.47. The Balaban J connectivity index is 1.70. The van der Waals surface area contributed by atoms with E-state index in [0.717, 1.165) is 25.4 Å². The Labute approximate surface area is 88.9 Å². The number of aromatic nitrogens is 2. The van der Waals surface area contributed by atoms with Crippen molar-refractivity contribution in [2.24, 2.45) is 0 Å². The molecule has 0 aliphatic rings. The molecule has 1 N–H and O–H groups in total. The lowest BCUT2D eigenvalue weighted by atomic mass is 10.3. The molecule has 0 fully saturated rings. The third-order valence-corrected chi connectivity index (χ3v) is 2.33. The van der Waals surface area contributed by atoms with Crippen molar-refractivity contribution in [3.8, 4) is 0 Å². The number of furan rings is 1. The van der Waals surface area contributed by atoms with Crippen LogP contribution in [0, 0.1) is 6.92 Å². The predicted molar refractivity (Wildman–Crippen MR) is 57.4 cm³/mol. The van der Waals surface area contributed by atoms with E-state index in [1.165, 1.54) is 5.56 Å². The van der Waals surface area contributed by atoms with Crippen LogP contribution in [0.25, 0.3) is 0 Å². The van der Waals surface area contributed by atoms with Crippen molar-refractivity contribution >= 4 is 0 Å². The van der Waals surface area contributed by atoms with Crippen molar-refractivity contribution in [3.63, 3.8) is 0 Å². The quantitative estimate of drug-likeness (QED) is 0.753. The number of nitrogens with one attached hydrogen (secondary N) is 1. The zero-order chi connectivity index (χ0) is 10.5. The van der Waals surface area contributed by atoms with E-state index in [1.54, 1.807) is 12.5 Å². The van der Waals surface area contributed by atoms with Crippen LogP contribution in [0.4, 0.5) is 0 Å². The zero-order valence-corrected chi connectivity index (χ0v) is 8.81. The van der Waals surface area contributed by atoms with Crippen LogP contribution in [0.1, 0.15) is 11.3 Å². The van der Waals surface area contributed by atoms with Crippen LogP contribution in [0.15, 0.2) is 35.2 Å². The highest BCUT2D eigenvalue weighted by Crippen LogP contribution is 2.07. The van der Waals surface area contributed by atoms with Crippen molar-refractivity contribution in [2.45, 2.75) is 20.0 Å². The van der Waals surface area contributed by atoms with E-state index in [2.05, 4.69) is 10.4 Å². The molecule has 2 aromatic rings. The van der Waals surface area contributed by atoms with Gasteiger partial charge in [-0.2, -0.15) is 5.10 Å². The first-order valence-corrected chi connectivity index (χ1v) is 5.07. The van der Waals surface area contributed by atoms with Crippen LogP contribution < -0.4 is 5.32 Å². The number of hydrogen-bond donors (Lipinski definition) is 1. The average Bonchev–Trinajstić information content (AvgIpc) is 2.85. The molecule has 0 aliphatic heterocycles. The largest absolute Gasteiger partial charge is 0.468 e. The van der Waals surface area contributed by atoms with E-state index >= 15 is 0 Å². The van der Waals surface area contributed by atoms with Gasteiger partial charge in [-0.3, -0.25) is 4.68 Å². The average molecular weight is 205 g/mol. The van der Waals surface area contributed by atoms with E-state index in [0.29, 0.717) is 0 Å². The second kappa shape index (κ2) is 4.79. The number of nitrogens with zero attached hydrogens (tertiary/aromatic N) is 2. The van der Waals surface area contributed by atoms with Gasteiger partial charge in [-0.25, -0.2) is 0 Å². The molecule has 4 heteroatoms. The molecular formula is C11H15N3O. The molecule has 15 heavy (non-hydrogen) atoms. The number of rotatable bonds is 5. The molecular weight excluding hydrogens is 190 g/mol. The lowest BCUT2D eigenvalue weighted by Crippen LogP contribution is -2.19. The standard InChI is InChI=1S/C11H15N3O/c1-10-3-8-15-11(10)9-12-5-7-14-6-2-4-13-14/h2-4,6,8,12H,5,7,9H2,1H3. The minimum atomic E-state index is 0.778. The first-order chi connectivity index (χ1) is 7.36. The second-order valence-corrected chi connectivity index (χ2v) is 3.47. The molecule has 0 unspecified atom stereocenters. The third kappa shape index (κ3) is 2.70. The summed E-state index contributed by atoms with van der Waals surface area (Å²) in [4.78, 5) is 0. The molecule has 0 aromatic carbocycles. The summed E-state index contributed by atoms with van der Waals surface area (Å²) < 4.78 is 7.22. The fourth-order valence-electron chi connectivity index (χ4n) is 1.41. The van der Waals surface area contributed by atoms with Gasteiger partial charge in [0.1, 0.15) is 5.76 Å². The predicted octanol–water partition coefficient (Wildman–Crippen LogP) is 1.57. The van der Waals surface area contributed by atoms with Gasteiger partial charge in [0.15, 0.2) is 0 Å². The molecule has 2 rings (SSSR count). The first kappa shape index (κ1) is 9.98. The van der Waals surface area contributed by atoms with Crippen molar-refractivity contribution < 1.29 is 4.42 Å². The topological polar surface area (TPSA) is 43.0 Å².